The molecule has 0 saturated heterocycles. The van der Waals surface area contributed by atoms with Gasteiger partial charge in [-0.15, -0.1) is 0 Å². The van der Waals surface area contributed by atoms with Gasteiger partial charge < -0.3 is 4.74 Å². The average molecular weight is 270 g/mol. The normalized spacial score (nSPS) is 24.5. The molecule has 1 heterocycles. The molecule has 3 rings (SSSR count). The number of carbonyl (C=O) groups is 2. The van der Waals surface area contributed by atoms with Crippen molar-refractivity contribution in [2.24, 2.45) is 5.92 Å². The number of ketones is 2. The van der Waals surface area contributed by atoms with Crippen LogP contribution >= 0.6 is 0 Å². The van der Waals surface area contributed by atoms with Crippen LogP contribution < -0.4 is 0 Å². The molecule has 1 aromatic rings. The first-order chi connectivity index (χ1) is 9.65. The number of fused-ring (bicyclic) bond motifs is 1. The van der Waals surface area contributed by atoms with Gasteiger partial charge in [-0.1, -0.05) is 51.0 Å². The van der Waals surface area contributed by atoms with Crippen molar-refractivity contribution in [3.63, 3.8) is 0 Å². The Kier molecular flexibility index (Phi) is 3.20. The van der Waals surface area contributed by atoms with Crippen molar-refractivity contribution in [1.29, 1.82) is 0 Å². The number of hydrogen-bond acceptors (Lipinski definition) is 3. The minimum Gasteiger partial charge on any atom is -0.485 e. The smallest absolute Gasteiger partial charge is 0.228 e. The van der Waals surface area contributed by atoms with Gasteiger partial charge in [0.2, 0.25) is 5.78 Å². The molecular formula is C17H18O3. The molecule has 3 nitrogen and oxygen atoms in total. The number of allylic oxidation sites excluding steroid dienone is 1. The Morgan fingerprint density at radius 1 is 1.10 bits per heavy atom. The van der Waals surface area contributed by atoms with E-state index in [-0.39, 0.29) is 23.6 Å². The molecular weight excluding hydrogens is 252 g/mol. The van der Waals surface area contributed by atoms with Crippen LogP contribution in [0.1, 0.15) is 53.8 Å². The standard InChI is InChI=1S/C17H18O3/c1-3-4-9-13-10(2)14-15(18)11-7-5-6-8-12(11)16(19)17(14)20-13/h5-8,10,13H,3-4,9H2,1-2H3/t10-,13-/m0/s1. The second kappa shape index (κ2) is 4.89. The third-order valence-electron chi connectivity index (χ3n) is 4.24. The molecule has 0 fully saturated rings. The van der Waals surface area contributed by atoms with Gasteiger partial charge in [0.05, 0.1) is 5.57 Å². The molecule has 0 spiro atoms. The van der Waals surface area contributed by atoms with Crippen molar-refractivity contribution >= 4 is 11.6 Å². The molecule has 20 heavy (non-hydrogen) atoms. The van der Waals surface area contributed by atoms with E-state index < -0.39 is 0 Å². The van der Waals surface area contributed by atoms with Gasteiger partial charge in [0, 0.05) is 17.0 Å². The summed E-state index contributed by atoms with van der Waals surface area (Å²) in [6, 6.07) is 7.01. The molecule has 0 unspecified atom stereocenters. The molecule has 0 saturated carbocycles. The number of carbonyl (C=O) groups excluding carboxylic acids is 2. The van der Waals surface area contributed by atoms with Gasteiger partial charge in [-0.05, 0) is 6.42 Å². The maximum absolute atomic E-state index is 12.6. The SMILES string of the molecule is CCCC[C@@H]1OC2=C(C(=O)c3ccccc3C2=O)[C@H]1C. The van der Waals surface area contributed by atoms with E-state index >= 15 is 0 Å². The third kappa shape index (κ3) is 1.80. The van der Waals surface area contributed by atoms with Crippen LogP contribution in [0.25, 0.3) is 0 Å². The second-order valence-corrected chi connectivity index (χ2v) is 5.53. The first kappa shape index (κ1) is 13.1. The predicted octanol–water partition coefficient (Wildman–Crippen LogP) is 3.54. The average Bonchev–Trinajstić information content (AvgIpc) is 2.80. The van der Waals surface area contributed by atoms with Crippen LogP contribution in [-0.4, -0.2) is 17.7 Å². The van der Waals surface area contributed by atoms with Crippen LogP contribution in [0.5, 0.6) is 0 Å². The zero-order chi connectivity index (χ0) is 14.3. The quantitative estimate of drug-likeness (QED) is 0.843. The summed E-state index contributed by atoms with van der Waals surface area (Å²) in [6.07, 6.45) is 2.98. The minimum atomic E-state index is -0.138. The molecule has 0 bridgehead atoms. The summed E-state index contributed by atoms with van der Waals surface area (Å²) in [5, 5.41) is 0. The Morgan fingerprint density at radius 3 is 2.40 bits per heavy atom. The maximum atomic E-state index is 12.6. The summed E-state index contributed by atoms with van der Waals surface area (Å²) in [5.41, 5.74) is 1.57. The van der Waals surface area contributed by atoms with E-state index in [1.165, 1.54) is 0 Å². The van der Waals surface area contributed by atoms with E-state index in [2.05, 4.69) is 6.92 Å². The van der Waals surface area contributed by atoms with E-state index in [1.807, 2.05) is 6.92 Å². The summed E-state index contributed by atoms with van der Waals surface area (Å²) < 4.78 is 5.83. The number of hydrogen-bond donors (Lipinski definition) is 0. The van der Waals surface area contributed by atoms with E-state index in [0.29, 0.717) is 22.5 Å². The number of ether oxygens (including phenoxy) is 1. The van der Waals surface area contributed by atoms with E-state index in [0.717, 1.165) is 19.3 Å². The molecule has 0 amide bonds. The second-order valence-electron chi connectivity index (χ2n) is 5.53. The Morgan fingerprint density at radius 2 is 1.75 bits per heavy atom. The van der Waals surface area contributed by atoms with Crippen molar-refractivity contribution in [2.75, 3.05) is 0 Å². The van der Waals surface area contributed by atoms with Gasteiger partial charge in [-0.25, -0.2) is 0 Å². The van der Waals surface area contributed by atoms with Crippen LogP contribution in [0.15, 0.2) is 35.6 Å². The predicted molar refractivity (Wildman–Crippen MR) is 75.7 cm³/mol. The summed E-state index contributed by atoms with van der Waals surface area (Å²) in [7, 11) is 0. The van der Waals surface area contributed by atoms with E-state index in [9.17, 15) is 9.59 Å². The fraction of sp³-hybridized carbons (Fsp3) is 0.412. The van der Waals surface area contributed by atoms with Crippen molar-refractivity contribution in [1.82, 2.24) is 0 Å². The van der Waals surface area contributed by atoms with Crippen LogP contribution in [-0.2, 0) is 4.74 Å². The molecule has 0 N–H and O–H groups in total. The molecule has 1 aliphatic carbocycles. The molecule has 1 aliphatic heterocycles. The minimum absolute atomic E-state index is 0.00126. The lowest BCUT2D eigenvalue weighted by atomic mass is 9.82. The van der Waals surface area contributed by atoms with Crippen LogP contribution in [0.2, 0.25) is 0 Å². The monoisotopic (exact) mass is 270 g/mol. The third-order valence-corrected chi connectivity index (χ3v) is 4.24. The summed E-state index contributed by atoms with van der Waals surface area (Å²) in [6.45, 7) is 4.11. The highest BCUT2D eigenvalue weighted by molar-refractivity contribution is 6.26. The number of Topliss-reactive ketones (excluding diaryl/α,β-unsaturated/α-hetero) is 2. The van der Waals surface area contributed by atoms with Gasteiger partial charge in [0.1, 0.15) is 6.10 Å². The van der Waals surface area contributed by atoms with Crippen molar-refractivity contribution in [3.05, 3.63) is 46.7 Å². The fourth-order valence-corrected chi connectivity index (χ4v) is 3.06. The first-order valence-corrected chi connectivity index (χ1v) is 7.24. The molecule has 1 aromatic carbocycles. The molecule has 3 heteroatoms. The molecule has 0 aromatic heterocycles. The highest BCUT2D eigenvalue weighted by atomic mass is 16.5. The lowest BCUT2D eigenvalue weighted by Gasteiger charge is -2.16. The first-order valence-electron chi connectivity index (χ1n) is 7.24. The van der Waals surface area contributed by atoms with E-state index in [1.54, 1.807) is 24.3 Å². The van der Waals surface area contributed by atoms with Gasteiger partial charge in [0.15, 0.2) is 11.5 Å². The summed E-state index contributed by atoms with van der Waals surface area (Å²) in [4.78, 5) is 25.1. The van der Waals surface area contributed by atoms with Crippen LogP contribution in [0, 0.1) is 5.92 Å². The Hall–Kier alpha value is -1.90. The van der Waals surface area contributed by atoms with Gasteiger partial charge in [-0.2, -0.15) is 0 Å². The number of unbranched alkanes of at least 4 members (excludes halogenated alkanes) is 1. The lowest BCUT2D eigenvalue weighted by Crippen LogP contribution is -2.22. The molecule has 0 radical (unpaired) electrons. The Bertz CT molecular complexity index is 612. The molecule has 2 atom stereocenters. The molecule has 104 valence electrons. The number of rotatable bonds is 3. The largest absolute Gasteiger partial charge is 0.485 e. The Balaban J connectivity index is 1.98. The van der Waals surface area contributed by atoms with Gasteiger partial charge in [-0.3, -0.25) is 9.59 Å². The van der Waals surface area contributed by atoms with E-state index in [4.69, 9.17) is 4.74 Å². The highest BCUT2D eigenvalue weighted by Crippen LogP contribution is 2.40. The maximum Gasteiger partial charge on any atom is 0.228 e. The van der Waals surface area contributed by atoms with Gasteiger partial charge in [0.25, 0.3) is 0 Å². The van der Waals surface area contributed by atoms with Crippen molar-refractivity contribution in [3.8, 4) is 0 Å². The Labute approximate surface area is 118 Å². The van der Waals surface area contributed by atoms with Gasteiger partial charge >= 0.3 is 0 Å². The van der Waals surface area contributed by atoms with Crippen LogP contribution in [0.4, 0.5) is 0 Å². The fourth-order valence-electron chi connectivity index (χ4n) is 3.06. The summed E-state index contributed by atoms with van der Waals surface area (Å²) in [5.74, 6) is 0.117. The zero-order valence-electron chi connectivity index (χ0n) is 11.8. The topological polar surface area (TPSA) is 43.4 Å². The molecule has 2 aliphatic rings. The number of benzene rings is 1. The summed E-state index contributed by atoms with van der Waals surface area (Å²) >= 11 is 0. The highest BCUT2D eigenvalue weighted by Gasteiger charge is 2.44. The van der Waals surface area contributed by atoms with Crippen LogP contribution in [0.3, 0.4) is 0 Å². The zero-order valence-corrected chi connectivity index (χ0v) is 11.8. The van der Waals surface area contributed by atoms with Crippen molar-refractivity contribution in [2.45, 2.75) is 39.2 Å². The lowest BCUT2D eigenvalue weighted by molar-refractivity contribution is 0.0765. The van der Waals surface area contributed by atoms with Crippen molar-refractivity contribution < 1.29 is 14.3 Å².